The number of hydrogen-bond donors (Lipinski definition) is 1. The van der Waals surface area contributed by atoms with Crippen LogP contribution in [0.15, 0.2) is 65.8 Å². The van der Waals surface area contributed by atoms with E-state index in [2.05, 4.69) is 20.3 Å². The van der Waals surface area contributed by atoms with Crippen molar-refractivity contribution in [3.05, 3.63) is 66.6 Å². The molecule has 5 nitrogen and oxygen atoms in total. The zero-order chi connectivity index (χ0) is 19.5. The van der Waals surface area contributed by atoms with Gasteiger partial charge in [-0.15, -0.1) is 11.3 Å². The van der Waals surface area contributed by atoms with Crippen molar-refractivity contribution in [2.24, 2.45) is 0 Å². The summed E-state index contributed by atoms with van der Waals surface area (Å²) in [5.74, 6) is -2.94. The van der Waals surface area contributed by atoms with Crippen molar-refractivity contribution in [3.63, 3.8) is 0 Å². The summed E-state index contributed by atoms with van der Waals surface area (Å²) in [4.78, 5) is 26.1. The van der Waals surface area contributed by atoms with Gasteiger partial charge in [0.2, 0.25) is 0 Å². The fraction of sp³-hybridized carbons (Fsp3) is 0.0526. The lowest BCUT2D eigenvalue weighted by molar-refractivity contribution is 0.102. The van der Waals surface area contributed by atoms with E-state index < -0.39 is 11.7 Å². The van der Waals surface area contributed by atoms with Crippen LogP contribution in [0.2, 0.25) is 0 Å². The van der Waals surface area contributed by atoms with E-state index in [-0.39, 0.29) is 5.69 Å². The predicted molar refractivity (Wildman–Crippen MR) is 107 cm³/mol. The number of thioether (sulfide) groups is 1. The van der Waals surface area contributed by atoms with Crippen LogP contribution >= 0.6 is 23.1 Å². The summed E-state index contributed by atoms with van der Waals surface area (Å²) in [6.45, 7) is 0. The molecule has 28 heavy (non-hydrogen) atoms. The third-order valence-corrected chi connectivity index (χ3v) is 5.51. The summed E-state index contributed by atoms with van der Waals surface area (Å²) < 4.78 is 25.8. The Morgan fingerprint density at radius 3 is 2.54 bits per heavy atom. The van der Waals surface area contributed by atoms with Crippen molar-refractivity contribution in [2.75, 3.05) is 5.32 Å². The molecule has 2 aromatic heterocycles. The number of aromatic nitrogens is 3. The number of fused-ring (bicyclic) bond motifs is 1. The van der Waals surface area contributed by atoms with E-state index >= 15 is 0 Å². The predicted octanol–water partition coefficient (Wildman–Crippen LogP) is 5.32. The van der Waals surface area contributed by atoms with Crippen LogP contribution in [-0.4, -0.2) is 26.6 Å². The number of para-hydroxylation sites is 1. The first-order valence-corrected chi connectivity index (χ1v) is 9.83. The van der Waals surface area contributed by atoms with Gasteiger partial charge in [-0.3, -0.25) is 4.79 Å². The number of carbonyl (C=O) groups is 1. The van der Waals surface area contributed by atoms with Crippen molar-refractivity contribution < 1.29 is 13.6 Å². The summed E-state index contributed by atoms with van der Waals surface area (Å²) in [5, 5.41) is 3.32. The van der Waals surface area contributed by atoms with E-state index in [1.807, 2.05) is 24.3 Å². The van der Waals surface area contributed by atoms with Gasteiger partial charge in [-0.1, -0.05) is 23.9 Å². The minimum Gasteiger partial charge on any atom is -0.321 e. The Labute approximate surface area is 166 Å². The van der Waals surface area contributed by atoms with Gasteiger partial charge in [0.05, 0.1) is 10.2 Å². The number of nitrogens with one attached hydrogen (secondary N) is 1. The number of carbonyl (C=O) groups excluding carboxylic acids is 1. The fourth-order valence-corrected chi connectivity index (χ4v) is 4.01. The molecule has 0 aliphatic heterocycles. The van der Waals surface area contributed by atoms with Crippen LogP contribution in [0.4, 0.5) is 14.5 Å². The monoisotopic (exact) mass is 414 g/mol. The Kier molecular flexibility index (Phi) is 5.27. The van der Waals surface area contributed by atoms with Gasteiger partial charge in [0.25, 0.3) is 11.7 Å². The zero-order valence-corrected chi connectivity index (χ0v) is 15.8. The molecule has 0 spiro atoms. The Morgan fingerprint density at radius 1 is 1.04 bits per heavy atom. The maximum atomic E-state index is 12.7. The van der Waals surface area contributed by atoms with Crippen LogP contribution in [0.3, 0.4) is 0 Å². The second-order valence-electron chi connectivity index (χ2n) is 5.60. The highest BCUT2D eigenvalue weighted by molar-refractivity contribution is 7.99. The summed E-state index contributed by atoms with van der Waals surface area (Å²) in [5.41, 5.74) is 1.84. The number of halogens is 2. The lowest BCUT2D eigenvalue weighted by atomic mass is 10.2. The molecule has 0 aliphatic rings. The third-order valence-electron chi connectivity index (χ3n) is 3.75. The molecule has 0 unspecified atom stereocenters. The minimum atomic E-state index is -2.49. The summed E-state index contributed by atoms with van der Waals surface area (Å²) in [6, 6.07) is 13.8. The Balaban J connectivity index is 1.60. The first-order chi connectivity index (χ1) is 13.6. The van der Waals surface area contributed by atoms with Gasteiger partial charge in [-0.05, 0) is 36.4 Å². The van der Waals surface area contributed by atoms with Crippen molar-refractivity contribution in [2.45, 2.75) is 10.7 Å². The SMILES string of the molecule is O=C(Nc1ccc(SC(F)F)cc1)c1nccnc1-c1nc2ccccc2s1. The molecule has 0 saturated heterocycles. The number of nitrogens with zero attached hydrogens (tertiary/aromatic N) is 3. The van der Waals surface area contributed by atoms with Crippen molar-refractivity contribution in [1.82, 2.24) is 15.0 Å². The third kappa shape index (κ3) is 4.00. The van der Waals surface area contributed by atoms with Gasteiger partial charge >= 0.3 is 0 Å². The molecule has 2 heterocycles. The molecule has 9 heteroatoms. The number of thiazole rings is 1. The van der Waals surface area contributed by atoms with E-state index in [0.29, 0.717) is 33.0 Å². The molecule has 0 radical (unpaired) electrons. The molecular formula is C19H12F2N4OS2. The molecule has 140 valence electrons. The second kappa shape index (κ2) is 7.99. The highest BCUT2D eigenvalue weighted by Crippen LogP contribution is 2.30. The number of benzene rings is 2. The highest BCUT2D eigenvalue weighted by Gasteiger charge is 2.19. The molecule has 0 saturated carbocycles. The molecule has 2 aromatic carbocycles. The molecule has 0 bridgehead atoms. The smallest absolute Gasteiger partial charge is 0.288 e. The molecular weight excluding hydrogens is 402 g/mol. The van der Waals surface area contributed by atoms with Gasteiger partial charge in [0.1, 0.15) is 10.7 Å². The standard InChI is InChI=1S/C19H12F2N4OS2/c20-19(21)27-12-7-5-11(6-8-12)24-17(26)15-16(23-10-9-22-15)18-25-13-3-1-2-4-14(13)28-18/h1-10,19H,(H,24,26). The van der Waals surface area contributed by atoms with Crippen molar-refractivity contribution >= 4 is 44.9 Å². The highest BCUT2D eigenvalue weighted by atomic mass is 32.2. The van der Waals surface area contributed by atoms with Crippen molar-refractivity contribution in [3.8, 4) is 10.7 Å². The van der Waals surface area contributed by atoms with E-state index in [1.165, 1.54) is 35.9 Å². The maximum absolute atomic E-state index is 12.7. The Bertz CT molecular complexity index is 1100. The van der Waals surface area contributed by atoms with E-state index in [0.717, 1.165) is 10.2 Å². The van der Waals surface area contributed by atoms with Gasteiger partial charge < -0.3 is 5.32 Å². The molecule has 1 N–H and O–H groups in total. The van der Waals surface area contributed by atoms with Crippen LogP contribution in [0.5, 0.6) is 0 Å². The van der Waals surface area contributed by atoms with Crippen LogP contribution in [-0.2, 0) is 0 Å². The van der Waals surface area contributed by atoms with Gasteiger partial charge in [-0.25, -0.2) is 15.0 Å². The van der Waals surface area contributed by atoms with E-state index in [4.69, 9.17) is 0 Å². The number of alkyl halides is 2. The molecule has 0 aliphatic carbocycles. The molecule has 0 fully saturated rings. The second-order valence-corrected chi connectivity index (χ2v) is 7.69. The first kappa shape index (κ1) is 18.5. The topological polar surface area (TPSA) is 67.8 Å². The van der Waals surface area contributed by atoms with Gasteiger partial charge in [0.15, 0.2) is 5.69 Å². The van der Waals surface area contributed by atoms with Crippen LogP contribution < -0.4 is 5.32 Å². The van der Waals surface area contributed by atoms with Gasteiger partial charge in [0, 0.05) is 23.0 Å². The number of anilines is 1. The number of hydrogen-bond acceptors (Lipinski definition) is 6. The lowest BCUT2D eigenvalue weighted by Crippen LogP contribution is -2.15. The largest absolute Gasteiger partial charge is 0.321 e. The number of rotatable bonds is 5. The van der Waals surface area contributed by atoms with Crippen LogP contribution in [0.25, 0.3) is 20.9 Å². The average molecular weight is 414 g/mol. The lowest BCUT2D eigenvalue weighted by Gasteiger charge is -2.08. The van der Waals surface area contributed by atoms with Crippen LogP contribution in [0, 0.1) is 0 Å². The summed E-state index contributed by atoms with van der Waals surface area (Å²) in [7, 11) is 0. The molecule has 4 rings (SSSR count). The Morgan fingerprint density at radius 2 is 1.79 bits per heavy atom. The molecule has 1 amide bonds. The maximum Gasteiger partial charge on any atom is 0.288 e. The quantitative estimate of drug-likeness (QED) is 0.448. The average Bonchev–Trinajstić information content (AvgIpc) is 3.13. The van der Waals surface area contributed by atoms with Crippen LogP contribution in [0.1, 0.15) is 10.5 Å². The van der Waals surface area contributed by atoms with Crippen molar-refractivity contribution in [1.29, 1.82) is 0 Å². The Hall–Kier alpha value is -2.91. The first-order valence-electron chi connectivity index (χ1n) is 8.13. The zero-order valence-electron chi connectivity index (χ0n) is 14.2. The van der Waals surface area contributed by atoms with E-state index in [9.17, 15) is 13.6 Å². The van der Waals surface area contributed by atoms with E-state index in [1.54, 1.807) is 12.1 Å². The normalized spacial score (nSPS) is 11.1. The fourth-order valence-electron chi connectivity index (χ4n) is 2.54. The molecule has 0 atom stereocenters. The number of amides is 1. The summed E-state index contributed by atoms with van der Waals surface area (Å²) in [6.07, 6.45) is 2.95. The summed E-state index contributed by atoms with van der Waals surface area (Å²) >= 11 is 1.88. The minimum absolute atomic E-state index is 0.146. The molecule has 4 aromatic rings. The van der Waals surface area contributed by atoms with Gasteiger partial charge in [-0.2, -0.15) is 8.78 Å².